The van der Waals surface area contributed by atoms with Gasteiger partial charge in [0, 0.05) is 5.69 Å². The summed E-state index contributed by atoms with van der Waals surface area (Å²) in [6, 6.07) is 3.27. The number of aromatic nitrogens is 1. The smallest absolute Gasteiger partial charge is 0.431 e. The van der Waals surface area contributed by atoms with Gasteiger partial charge in [-0.05, 0) is 38.3 Å². The average Bonchev–Trinajstić information content (AvgIpc) is 3.33. The molecule has 0 aromatic carbocycles. The van der Waals surface area contributed by atoms with Gasteiger partial charge in [0.15, 0.2) is 0 Å². The summed E-state index contributed by atoms with van der Waals surface area (Å²) in [7, 11) is 0. The first-order valence-electron chi connectivity index (χ1n) is 10.7. The molecule has 3 rings (SSSR count). The van der Waals surface area contributed by atoms with Gasteiger partial charge in [0.1, 0.15) is 48.8 Å². The van der Waals surface area contributed by atoms with Crippen molar-refractivity contribution in [1.82, 2.24) is 11.1 Å². The van der Waals surface area contributed by atoms with Crippen LogP contribution in [0.2, 0.25) is 0 Å². The third kappa shape index (κ3) is 7.02. The summed E-state index contributed by atoms with van der Waals surface area (Å²) in [5.74, 6) is 0.106. The fourth-order valence-corrected chi connectivity index (χ4v) is 3.05. The van der Waals surface area contributed by atoms with E-state index >= 15 is 0 Å². The minimum Gasteiger partial charge on any atom is -0.431 e. The van der Waals surface area contributed by atoms with Gasteiger partial charge in [-0.3, -0.25) is 5.41 Å². The summed E-state index contributed by atoms with van der Waals surface area (Å²) in [5, 5.41) is 27.7. The molecule has 1 aromatic rings. The number of aliphatic hydroxyl groups excluding tert-OH is 2. The maximum atomic E-state index is 11.7. The van der Waals surface area contributed by atoms with Crippen LogP contribution in [-0.4, -0.2) is 64.0 Å². The van der Waals surface area contributed by atoms with E-state index in [1.165, 1.54) is 0 Å². The number of hydrogen-bond donors (Lipinski definition) is 6. The van der Waals surface area contributed by atoms with Gasteiger partial charge in [-0.15, -0.1) is 0 Å². The Morgan fingerprint density at radius 2 is 1.97 bits per heavy atom. The van der Waals surface area contributed by atoms with Gasteiger partial charge < -0.3 is 41.3 Å². The summed E-state index contributed by atoms with van der Waals surface area (Å²) in [5.41, 5.74) is 5.33. The van der Waals surface area contributed by atoms with Crippen molar-refractivity contribution in [3.05, 3.63) is 23.5 Å². The molecule has 2 aliphatic rings. The number of carbonyl (C=O) groups is 1. The normalized spacial score (nSPS) is 26.8. The van der Waals surface area contributed by atoms with Crippen LogP contribution in [-0.2, 0) is 14.2 Å². The standard InChI is InChI=1S/C17H24N4O6.2C2H6.H3N/c1-17(7-25-16(24)26-9-3-2-4-9)14(23)12(22)13(27-17)10-5-6-11(21-10)15(19)20-8-18;2*1-2;/h5-6,8-9,12-14,21-23H,2-4,7H2,1H3,(H3,18,19,20);2*1-2H3;1H3/t12-,13-,14-,17+;;;/m0.../s1. The van der Waals surface area contributed by atoms with Crippen LogP contribution in [0.1, 0.15) is 71.4 Å². The van der Waals surface area contributed by atoms with Gasteiger partial charge >= 0.3 is 6.16 Å². The minimum absolute atomic E-state index is 0. The highest BCUT2D eigenvalue weighted by Crippen LogP contribution is 2.40. The molecule has 0 radical (unpaired) electrons. The molecule has 4 atom stereocenters. The minimum atomic E-state index is -1.30. The molecule has 0 unspecified atom stereocenters. The number of nitrogens with zero attached hydrogens (tertiary/aromatic N) is 1. The third-order valence-electron chi connectivity index (χ3n) is 4.94. The lowest BCUT2D eigenvalue weighted by molar-refractivity contribution is -0.113. The topological polar surface area (TPSA) is 198 Å². The summed E-state index contributed by atoms with van der Waals surface area (Å²) < 4.78 is 16.0. The molecule has 1 saturated carbocycles. The van der Waals surface area contributed by atoms with Crippen LogP contribution in [0, 0.1) is 5.41 Å². The number of rotatable bonds is 6. The zero-order valence-electron chi connectivity index (χ0n) is 19.6. The molecule has 1 aromatic heterocycles. The van der Waals surface area contributed by atoms with Gasteiger partial charge in [0.25, 0.3) is 0 Å². The summed E-state index contributed by atoms with van der Waals surface area (Å²) in [6.07, 6.45) is -0.825. The predicted molar refractivity (Wildman–Crippen MR) is 122 cm³/mol. The number of amidine groups is 1. The lowest BCUT2D eigenvalue weighted by Gasteiger charge is -2.28. The Morgan fingerprint density at radius 1 is 1.34 bits per heavy atom. The molecule has 1 saturated heterocycles. The molecule has 184 valence electrons. The number of ether oxygens (including phenoxy) is 3. The van der Waals surface area contributed by atoms with Gasteiger partial charge in [0.05, 0.1) is 5.69 Å². The molecule has 2 fully saturated rings. The fraction of sp³-hybridized carbons (Fsp3) is 0.667. The molecule has 32 heavy (non-hydrogen) atoms. The molecule has 11 heteroatoms. The maximum absolute atomic E-state index is 11.7. The van der Waals surface area contributed by atoms with E-state index in [4.69, 9.17) is 25.4 Å². The Kier molecular flexibility index (Phi) is 12.8. The van der Waals surface area contributed by atoms with Crippen molar-refractivity contribution in [2.45, 2.75) is 83.9 Å². The number of nitrogens with one attached hydrogen (secondary N) is 2. The maximum Gasteiger partial charge on any atom is 0.508 e. The number of aliphatic hydroxyl groups is 2. The van der Waals surface area contributed by atoms with Gasteiger partial charge in [-0.25, -0.2) is 9.79 Å². The van der Waals surface area contributed by atoms with E-state index in [0.717, 1.165) is 25.6 Å². The van der Waals surface area contributed by atoms with Crippen molar-refractivity contribution < 1.29 is 29.2 Å². The van der Waals surface area contributed by atoms with Crippen molar-refractivity contribution in [2.75, 3.05) is 6.61 Å². The van der Waals surface area contributed by atoms with Crippen molar-refractivity contribution in [1.29, 1.82) is 5.41 Å². The van der Waals surface area contributed by atoms with Crippen molar-refractivity contribution in [3.63, 3.8) is 0 Å². The van der Waals surface area contributed by atoms with E-state index in [-0.39, 0.29) is 24.7 Å². The van der Waals surface area contributed by atoms with Gasteiger partial charge in [-0.1, -0.05) is 27.7 Å². The van der Waals surface area contributed by atoms with Crippen LogP contribution in [0.25, 0.3) is 0 Å². The molecular formula is C21H39N5O6. The van der Waals surface area contributed by atoms with E-state index < -0.39 is 30.1 Å². The van der Waals surface area contributed by atoms with Crippen molar-refractivity contribution in [2.24, 2.45) is 10.7 Å². The predicted octanol–water partition coefficient (Wildman–Crippen LogP) is 2.80. The summed E-state index contributed by atoms with van der Waals surface area (Å²) in [6.45, 7) is 9.28. The van der Waals surface area contributed by atoms with Crippen LogP contribution in [0.15, 0.2) is 17.1 Å². The first-order chi connectivity index (χ1) is 14.8. The first-order valence-corrected chi connectivity index (χ1v) is 10.7. The van der Waals surface area contributed by atoms with Crippen LogP contribution in [0.3, 0.4) is 0 Å². The van der Waals surface area contributed by atoms with E-state index in [0.29, 0.717) is 11.4 Å². The Bertz CT molecular complexity index is 736. The molecule has 0 spiro atoms. The van der Waals surface area contributed by atoms with E-state index in [1.54, 1.807) is 19.1 Å². The highest BCUT2D eigenvalue weighted by molar-refractivity contribution is 5.99. The lowest BCUT2D eigenvalue weighted by Crippen LogP contribution is -2.45. The fourth-order valence-electron chi connectivity index (χ4n) is 3.05. The molecule has 0 amide bonds. The lowest BCUT2D eigenvalue weighted by atomic mass is 9.96. The zero-order valence-corrected chi connectivity index (χ0v) is 19.6. The first kappa shape index (κ1) is 29.5. The third-order valence-corrected chi connectivity index (χ3v) is 4.94. The van der Waals surface area contributed by atoms with Crippen LogP contribution in [0.4, 0.5) is 4.79 Å². The number of aromatic amines is 1. The molecular weight excluding hydrogens is 418 g/mol. The average molecular weight is 458 g/mol. The Labute approximate surface area is 189 Å². The second-order valence-corrected chi connectivity index (χ2v) is 6.97. The quantitative estimate of drug-likeness (QED) is 0.213. The second-order valence-electron chi connectivity index (χ2n) is 6.97. The number of hydrogen-bond acceptors (Lipinski definition) is 8. The molecule has 1 aliphatic heterocycles. The molecule has 11 nitrogen and oxygen atoms in total. The number of nitrogens with two attached hydrogens (primary N) is 1. The van der Waals surface area contributed by atoms with Crippen molar-refractivity contribution >= 4 is 18.3 Å². The Balaban J connectivity index is 0.00000182. The van der Waals surface area contributed by atoms with E-state index in [1.807, 2.05) is 27.7 Å². The number of carbonyl (C=O) groups excluding carboxylic acids is 1. The van der Waals surface area contributed by atoms with Crippen LogP contribution in [0.5, 0.6) is 0 Å². The summed E-state index contributed by atoms with van der Waals surface area (Å²) >= 11 is 0. The van der Waals surface area contributed by atoms with Crippen molar-refractivity contribution in [3.8, 4) is 0 Å². The Morgan fingerprint density at radius 3 is 2.50 bits per heavy atom. The van der Waals surface area contributed by atoms with Gasteiger partial charge in [-0.2, -0.15) is 0 Å². The number of aliphatic imine (C=N–C) groups is 1. The van der Waals surface area contributed by atoms with E-state index in [9.17, 15) is 15.0 Å². The highest BCUT2D eigenvalue weighted by Gasteiger charge is 2.53. The monoisotopic (exact) mass is 457 g/mol. The summed E-state index contributed by atoms with van der Waals surface area (Å²) in [4.78, 5) is 18.3. The molecule has 2 heterocycles. The van der Waals surface area contributed by atoms with E-state index in [2.05, 4.69) is 9.98 Å². The molecule has 0 bridgehead atoms. The van der Waals surface area contributed by atoms with Crippen LogP contribution < -0.4 is 11.9 Å². The Hall–Kier alpha value is -2.47. The highest BCUT2D eigenvalue weighted by atomic mass is 16.7. The molecule has 1 aliphatic carbocycles. The van der Waals surface area contributed by atoms with Crippen LogP contribution >= 0.6 is 0 Å². The zero-order chi connectivity index (χ0) is 23.6. The molecule has 9 N–H and O–H groups in total. The van der Waals surface area contributed by atoms with Gasteiger partial charge in [0.2, 0.25) is 0 Å². The SMILES string of the molecule is CC.CC.C[C@]1(COC(=O)OC2CCC2)O[C@@H](c2ccc(C(N)=NC=N)[nH]2)[C@H](O)[C@@H]1O.N. The second kappa shape index (κ2) is 13.8. The largest absolute Gasteiger partial charge is 0.508 e. The number of H-pyrrole nitrogens is 1.